The van der Waals surface area contributed by atoms with Gasteiger partial charge in [-0.05, 0) is 56.2 Å². The third kappa shape index (κ3) is 4.48. The fourth-order valence-electron chi connectivity index (χ4n) is 3.75. The Kier molecular flexibility index (Phi) is 6.19. The standard InChI is InChI=1S/C24H25ClN4O3/c1-15-12-28(14-27-15)20-7-5-18(9-21(20)31-4)10-22-24(30)29(13-16(2)32-22)17(3)19-6-8-23(25)26-11-19/h5-12,14,16-17H,13H2,1-4H3/t16?,17-/m0/s1. The number of benzene rings is 1. The predicted molar refractivity (Wildman–Crippen MR) is 123 cm³/mol. The number of pyridine rings is 1. The first-order chi connectivity index (χ1) is 15.4. The number of carbonyl (C=O) groups is 1. The molecule has 166 valence electrons. The van der Waals surface area contributed by atoms with Crippen LogP contribution in [0.5, 0.6) is 5.75 Å². The molecule has 1 aromatic carbocycles. The van der Waals surface area contributed by atoms with Crippen molar-refractivity contribution in [3.8, 4) is 11.4 Å². The minimum atomic E-state index is -0.168. The Balaban J connectivity index is 1.62. The van der Waals surface area contributed by atoms with Crippen LogP contribution in [-0.4, -0.2) is 45.1 Å². The summed E-state index contributed by atoms with van der Waals surface area (Å²) in [5.74, 6) is 0.801. The van der Waals surface area contributed by atoms with E-state index in [-0.39, 0.29) is 18.1 Å². The molecule has 8 heteroatoms. The quantitative estimate of drug-likeness (QED) is 0.418. The van der Waals surface area contributed by atoms with E-state index in [1.54, 1.807) is 36.7 Å². The fraction of sp³-hybridized carbons (Fsp3) is 0.292. The molecule has 1 fully saturated rings. The molecule has 3 aromatic rings. The molecule has 1 unspecified atom stereocenters. The van der Waals surface area contributed by atoms with Gasteiger partial charge in [-0.25, -0.2) is 9.97 Å². The van der Waals surface area contributed by atoms with Crippen LogP contribution < -0.4 is 4.74 Å². The summed E-state index contributed by atoms with van der Waals surface area (Å²) in [5, 5.41) is 0.423. The van der Waals surface area contributed by atoms with Gasteiger partial charge in [0, 0.05) is 12.4 Å². The minimum absolute atomic E-state index is 0.142. The highest BCUT2D eigenvalue weighted by Gasteiger charge is 2.33. The monoisotopic (exact) mass is 452 g/mol. The van der Waals surface area contributed by atoms with Crippen molar-refractivity contribution in [1.29, 1.82) is 0 Å². The summed E-state index contributed by atoms with van der Waals surface area (Å²) in [6.07, 6.45) is 6.98. The Hall–Kier alpha value is -3.32. The highest BCUT2D eigenvalue weighted by molar-refractivity contribution is 6.29. The van der Waals surface area contributed by atoms with Crippen molar-refractivity contribution >= 4 is 23.6 Å². The maximum atomic E-state index is 13.2. The number of hydrogen-bond donors (Lipinski definition) is 0. The van der Waals surface area contributed by atoms with Gasteiger partial charge in [0.25, 0.3) is 5.91 Å². The number of aromatic nitrogens is 3. The van der Waals surface area contributed by atoms with Crippen LogP contribution in [0.4, 0.5) is 0 Å². The molecule has 1 aliphatic rings. The molecule has 3 heterocycles. The van der Waals surface area contributed by atoms with Crippen LogP contribution in [0.25, 0.3) is 11.8 Å². The SMILES string of the molecule is COc1cc(C=C2OC(C)CN([C@@H](C)c3ccc(Cl)nc3)C2=O)ccc1-n1cnc(C)c1. The summed E-state index contributed by atoms with van der Waals surface area (Å²) in [5.41, 5.74) is 3.50. The molecule has 1 amide bonds. The second-order valence-corrected chi connectivity index (χ2v) is 8.23. The maximum Gasteiger partial charge on any atom is 0.289 e. The van der Waals surface area contributed by atoms with Gasteiger partial charge < -0.3 is 18.9 Å². The van der Waals surface area contributed by atoms with E-state index in [4.69, 9.17) is 21.1 Å². The molecule has 1 aliphatic heterocycles. The van der Waals surface area contributed by atoms with Gasteiger partial charge in [0.15, 0.2) is 5.76 Å². The number of aryl methyl sites for hydroxylation is 1. The molecule has 0 spiro atoms. The second kappa shape index (κ2) is 9.04. The number of morpholine rings is 1. The lowest BCUT2D eigenvalue weighted by atomic mass is 10.1. The first kappa shape index (κ1) is 21.9. The third-order valence-electron chi connectivity index (χ3n) is 5.45. The number of carbonyl (C=O) groups excluding carboxylic acids is 1. The number of amides is 1. The van der Waals surface area contributed by atoms with Crippen LogP contribution in [0.15, 0.2) is 54.8 Å². The van der Waals surface area contributed by atoms with Crippen molar-refractivity contribution in [3.63, 3.8) is 0 Å². The van der Waals surface area contributed by atoms with Crippen LogP contribution in [0.1, 0.15) is 36.7 Å². The highest BCUT2D eigenvalue weighted by atomic mass is 35.5. The highest BCUT2D eigenvalue weighted by Crippen LogP contribution is 2.30. The number of ether oxygens (including phenoxy) is 2. The Morgan fingerprint density at radius 2 is 2.09 bits per heavy atom. The van der Waals surface area contributed by atoms with Gasteiger partial charge in [-0.15, -0.1) is 0 Å². The number of methoxy groups -OCH3 is 1. The molecule has 4 rings (SSSR count). The van der Waals surface area contributed by atoms with E-state index in [1.807, 2.05) is 55.8 Å². The first-order valence-electron chi connectivity index (χ1n) is 10.4. The van der Waals surface area contributed by atoms with Crippen LogP contribution >= 0.6 is 11.6 Å². The number of nitrogens with zero attached hydrogens (tertiary/aromatic N) is 4. The smallest absolute Gasteiger partial charge is 0.289 e. The largest absolute Gasteiger partial charge is 0.495 e. The van der Waals surface area contributed by atoms with Crippen LogP contribution in [0.3, 0.4) is 0 Å². The Morgan fingerprint density at radius 3 is 2.75 bits per heavy atom. The molecule has 7 nitrogen and oxygen atoms in total. The zero-order valence-corrected chi connectivity index (χ0v) is 19.2. The molecule has 0 bridgehead atoms. The first-order valence-corrected chi connectivity index (χ1v) is 10.7. The van der Waals surface area contributed by atoms with Crippen molar-refractivity contribution in [2.75, 3.05) is 13.7 Å². The summed E-state index contributed by atoms with van der Waals surface area (Å²) in [6, 6.07) is 9.19. The predicted octanol–water partition coefficient (Wildman–Crippen LogP) is 4.59. The Morgan fingerprint density at radius 1 is 1.28 bits per heavy atom. The Bertz CT molecular complexity index is 1160. The number of hydrogen-bond acceptors (Lipinski definition) is 5. The average Bonchev–Trinajstić information content (AvgIpc) is 3.22. The van der Waals surface area contributed by atoms with Crippen molar-refractivity contribution in [1.82, 2.24) is 19.4 Å². The van der Waals surface area contributed by atoms with Gasteiger partial charge in [-0.1, -0.05) is 23.7 Å². The summed E-state index contributed by atoms with van der Waals surface area (Å²) in [7, 11) is 1.62. The van der Waals surface area contributed by atoms with Crippen molar-refractivity contribution in [2.24, 2.45) is 0 Å². The van der Waals surface area contributed by atoms with Gasteiger partial charge in [0.1, 0.15) is 17.0 Å². The summed E-state index contributed by atoms with van der Waals surface area (Å²) < 4.78 is 13.4. The van der Waals surface area contributed by atoms with E-state index in [0.29, 0.717) is 23.2 Å². The fourth-order valence-corrected chi connectivity index (χ4v) is 3.86. The van der Waals surface area contributed by atoms with E-state index >= 15 is 0 Å². The zero-order chi connectivity index (χ0) is 22.8. The van der Waals surface area contributed by atoms with E-state index in [2.05, 4.69) is 9.97 Å². The molecule has 2 atom stereocenters. The van der Waals surface area contributed by atoms with Crippen LogP contribution in [-0.2, 0) is 9.53 Å². The minimum Gasteiger partial charge on any atom is -0.495 e. The van der Waals surface area contributed by atoms with E-state index in [1.165, 1.54) is 0 Å². The van der Waals surface area contributed by atoms with E-state index in [0.717, 1.165) is 22.5 Å². The van der Waals surface area contributed by atoms with Gasteiger partial charge >= 0.3 is 0 Å². The second-order valence-electron chi connectivity index (χ2n) is 7.84. The number of imidazole rings is 1. The number of rotatable bonds is 5. The van der Waals surface area contributed by atoms with Gasteiger partial charge in [-0.2, -0.15) is 0 Å². The summed E-state index contributed by atoms with van der Waals surface area (Å²) >= 11 is 5.91. The Labute approximate surface area is 192 Å². The topological polar surface area (TPSA) is 69.5 Å². The lowest BCUT2D eigenvalue weighted by Gasteiger charge is -2.37. The normalized spacial score (nSPS) is 18.5. The molecular weight excluding hydrogens is 428 g/mol. The summed E-state index contributed by atoms with van der Waals surface area (Å²) in [6.45, 7) is 6.35. The van der Waals surface area contributed by atoms with Crippen molar-refractivity contribution in [3.05, 3.63) is 76.8 Å². The van der Waals surface area contributed by atoms with E-state index in [9.17, 15) is 4.79 Å². The zero-order valence-electron chi connectivity index (χ0n) is 18.4. The van der Waals surface area contributed by atoms with Crippen molar-refractivity contribution < 1.29 is 14.3 Å². The molecule has 1 saturated heterocycles. The van der Waals surface area contributed by atoms with Gasteiger partial charge in [-0.3, -0.25) is 4.79 Å². The average molecular weight is 453 g/mol. The molecule has 2 aromatic heterocycles. The molecule has 0 saturated carbocycles. The van der Waals surface area contributed by atoms with Crippen molar-refractivity contribution in [2.45, 2.75) is 32.9 Å². The maximum absolute atomic E-state index is 13.2. The third-order valence-corrected chi connectivity index (χ3v) is 5.67. The molecule has 0 radical (unpaired) electrons. The molecule has 32 heavy (non-hydrogen) atoms. The van der Waals surface area contributed by atoms with Gasteiger partial charge in [0.2, 0.25) is 0 Å². The van der Waals surface area contributed by atoms with E-state index < -0.39 is 0 Å². The van der Waals surface area contributed by atoms with Crippen LogP contribution in [0.2, 0.25) is 5.15 Å². The lowest BCUT2D eigenvalue weighted by molar-refractivity contribution is -0.141. The number of halogens is 1. The molecule has 0 N–H and O–H groups in total. The molecular formula is C24H25ClN4O3. The van der Waals surface area contributed by atoms with Gasteiger partial charge in [0.05, 0.1) is 37.4 Å². The lowest BCUT2D eigenvalue weighted by Crippen LogP contribution is -2.45. The van der Waals surface area contributed by atoms with Crippen LogP contribution in [0, 0.1) is 6.92 Å². The summed E-state index contributed by atoms with van der Waals surface area (Å²) in [4.78, 5) is 23.5. The molecule has 0 aliphatic carbocycles.